The number of aryl methyl sites for hydroxylation is 2. The van der Waals surface area contributed by atoms with Gasteiger partial charge in [0.25, 0.3) is 11.5 Å². The van der Waals surface area contributed by atoms with Crippen molar-refractivity contribution in [3.8, 4) is 0 Å². The van der Waals surface area contributed by atoms with Crippen molar-refractivity contribution in [2.75, 3.05) is 5.75 Å². The van der Waals surface area contributed by atoms with E-state index in [9.17, 15) is 9.59 Å². The molecule has 0 bridgehead atoms. The third-order valence-corrected chi connectivity index (χ3v) is 7.13. The predicted octanol–water partition coefficient (Wildman–Crippen LogP) is 4.27. The molecule has 4 aromatic rings. The highest BCUT2D eigenvalue weighted by Crippen LogP contribution is 2.34. The van der Waals surface area contributed by atoms with E-state index >= 15 is 0 Å². The summed E-state index contributed by atoms with van der Waals surface area (Å²) in [5.74, 6) is 0.370. The minimum atomic E-state index is -0.238. The lowest BCUT2D eigenvalue weighted by Gasteiger charge is -2.22. The number of carbonyl (C=O) groups is 1. The number of rotatable bonds is 5. The zero-order valence-corrected chi connectivity index (χ0v) is 20.9. The fourth-order valence-corrected chi connectivity index (χ4v) is 5.07. The van der Waals surface area contributed by atoms with Crippen LogP contribution in [0, 0.1) is 13.8 Å². The van der Waals surface area contributed by atoms with Gasteiger partial charge in [0.2, 0.25) is 5.78 Å². The normalized spacial score (nSPS) is 15.7. The van der Waals surface area contributed by atoms with E-state index in [2.05, 4.69) is 55.4 Å². The number of aromatic amines is 1. The number of halogens is 1. The van der Waals surface area contributed by atoms with Crippen LogP contribution < -0.4 is 5.56 Å². The largest absolute Gasteiger partial charge is 0.291 e. The van der Waals surface area contributed by atoms with Crippen LogP contribution in [0.2, 0.25) is 0 Å². The number of hydrogen-bond donors (Lipinski definition) is 1. The highest BCUT2D eigenvalue weighted by molar-refractivity contribution is 9.10. The average Bonchev–Trinajstić information content (AvgIpc) is 3.43. The van der Waals surface area contributed by atoms with Gasteiger partial charge in [-0.1, -0.05) is 69.7 Å². The Morgan fingerprint density at radius 1 is 1.12 bits per heavy atom. The van der Waals surface area contributed by atoms with Gasteiger partial charge in [0.05, 0.1) is 17.5 Å². The zero-order valence-electron chi connectivity index (χ0n) is 18.5. The molecule has 1 N–H and O–H groups in total. The van der Waals surface area contributed by atoms with E-state index in [1.807, 2.05) is 31.2 Å². The minimum absolute atomic E-state index is 0.124. The molecule has 1 aliphatic heterocycles. The summed E-state index contributed by atoms with van der Waals surface area (Å²) in [6.45, 7) is 3.85. The summed E-state index contributed by atoms with van der Waals surface area (Å²) in [6.07, 6.45) is 0.634. The molecule has 0 saturated carbocycles. The Morgan fingerprint density at radius 2 is 1.85 bits per heavy atom. The molecule has 0 spiro atoms. The monoisotopic (exact) mass is 536 g/mol. The molecule has 1 aliphatic rings. The predicted molar refractivity (Wildman–Crippen MR) is 135 cm³/mol. The number of aromatic nitrogens is 4. The SMILES string of the molecule is Cc1ccc([C@H]2CC(c3ccc(Br)cc3)=NN2C(=O)CSc2nnc3[nH]c(=O)cc(C)n23)cc1. The number of carbonyl (C=O) groups excluding carboxylic acids is 1. The van der Waals surface area contributed by atoms with Gasteiger partial charge >= 0.3 is 0 Å². The third kappa shape index (κ3) is 4.43. The fourth-order valence-electron chi connectivity index (χ4n) is 3.96. The van der Waals surface area contributed by atoms with E-state index in [0.717, 1.165) is 26.9 Å². The second kappa shape index (κ2) is 9.19. The van der Waals surface area contributed by atoms with Crippen LogP contribution in [0.5, 0.6) is 0 Å². The molecular formula is C24H21BrN6O2S. The molecule has 2 aromatic heterocycles. The molecule has 34 heavy (non-hydrogen) atoms. The molecule has 0 fully saturated rings. The van der Waals surface area contributed by atoms with Gasteiger partial charge in [-0.3, -0.25) is 19.0 Å². The summed E-state index contributed by atoms with van der Waals surface area (Å²) < 4.78 is 2.73. The van der Waals surface area contributed by atoms with Crippen LogP contribution >= 0.6 is 27.7 Å². The summed E-state index contributed by atoms with van der Waals surface area (Å²) >= 11 is 4.74. The molecule has 0 radical (unpaired) electrons. The Bertz CT molecular complexity index is 1460. The van der Waals surface area contributed by atoms with Gasteiger partial charge in [-0.25, -0.2) is 5.01 Å². The first-order valence-electron chi connectivity index (χ1n) is 10.7. The number of nitrogens with one attached hydrogen (secondary N) is 1. The second-order valence-electron chi connectivity index (χ2n) is 8.13. The molecule has 2 aromatic carbocycles. The smallest absolute Gasteiger partial charge is 0.253 e. The molecule has 5 rings (SSSR count). The van der Waals surface area contributed by atoms with E-state index < -0.39 is 0 Å². The highest BCUT2D eigenvalue weighted by atomic mass is 79.9. The number of nitrogens with zero attached hydrogens (tertiary/aromatic N) is 5. The summed E-state index contributed by atoms with van der Waals surface area (Å²) in [5, 5.41) is 15.0. The first kappa shape index (κ1) is 22.5. The Morgan fingerprint density at radius 3 is 2.59 bits per heavy atom. The van der Waals surface area contributed by atoms with Crippen LogP contribution in [0.4, 0.5) is 0 Å². The van der Waals surface area contributed by atoms with Gasteiger partial charge in [-0.15, -0.1) is 10.2 Å². The van der Waals surface area contributed by atoms with Crippen molar-refractivity contribution in [1.82, 2.24) is 24.6 Å². The van der Waals surface area contributed by atoms with Gasteiger partial charge in [0.15, 0.2) is 5.16 Å². The van der Waals surface area contributed by atoms with Crippen molar-refractivity contribution in [2.24, 2.45) is 5.10 Å². The Kier molecular flexibility index (Phi) is 6.09. The molecule has 0 aliphatic carbocycles. The number of fused-ring (bicyclic) bond motifs is 1. The topological polar surface area (TPSA) is 95.7 Å². The lowest BCUT2D eigenvalue weighted by atomic mass is 9.98. The number of hydrogen-bond acceptors (Lipinski definition) is 6. The number of thioether (sulfide) groups is 1. The van der Waals surface area contributed by atoms with Crippen LogP contribution in [0.3, 0.4) is 0 Å². The van der Waals surface area contributed by atoms with Crippen molar-refractivity contribution in [3.05, 3.63) is 91.8 Å². The summed E-state index contributed by atoms with van der Waals surface area (Å²) in [4.78, 5) is 27.7. The Hall–Kier alpha value is -3.24. The molecule has 8 nitrogen and oxygen atoms in total. The lowest BCUT2D eigenvalue weighted by Crippen LogP contribution is -2.28. The molecule has 1 atom stereocenters. The van der Waals surface area contributed by atoms with E-state index in [1.54, 1.807) is 16.3 Å². The standard InChI is InChI=1S/C24H21BrN6O2S/c1-14-3-5-17(6-4-14)20-12-19(16-7-9-18(25)10-8-16)29-31(20)22(33)13-34-24-28-27-23-26-21(32)11-15(2)30(23)24/h3-11,20H,12-13H2,1-2H3,(H,26,27,32)/t20-/m1/s1. The van der Waals surface area contributed by atoms with Crippen LogP contribution in [-0.2, 0) is 4.79 Å². The number of benzene rings is 2. The Labute approximate surface area is 208 Å². The highest BCUT2D eigenvalue weighted by Gasteiger charge is 2.33. The first-order chi connectivity index (χ1) is 16.4. The molecule has 0 unspecified atom stereocenters. The molecular weight excluding hydrogens is 516 g/mol. The first-order valence-corrected chi connectivity index (χ1v) is 12.5. The minimum Gasteiger partial charge on any atom is -0.291 e. The van der Waals surface area contributed by atoms with Gasteiger partial charge in [0, 0.05) is 22.7 Å². The quantitative estimate of drug-likeness (QED) is 0.384. The van der Waals surface area contributed by atoms with E-state index in [1.165, 1.54) is 17.8 Å². The number of amides is 1. The summed E-state index contributed by atoms with van der Waals surface area (Å²) in [6, 6.07) is 17.5. The van der Waals surface area contributed by atoms with Crippen molar-refractivity contribution < 1.29 is 4.79 Å². The van der Waals surface area contributed by atoms with Gasteiger partial charge < -0.3 is 0 Å². The number of hydrazone groups is 1. The average molecular weight is 537 g/mol. The van der Waals surface area contributed by atoms with Gasteiger partial charge in [-0.2, -0.15) is 5.10 Å². The molecule has 1 amide bonds. The van der Waals surface area contributed by atoms with Crippen molar-refractivity contribution in [3.63, 3.8) is 0 Å². The molecule has 0 saturated heterocycles. The van der Waals surface area contributed by atoms with Crippen LogP contribution in [-0.4, -0.2) is 42.0 Å². The van der Waals surface area contributed by atoms with Crippen LogP contribution in [0.25, 0.3) is 5.78 Å². The van der Waals surface area contributed by atoms with Gasteiger partial charge in [-0.05, 0) is 37.1 Å². The zero-order chi connectivity index (χ0) is 23.8. The van der Waals surface area contributed by atoms with E-state index in [0.29, 0.717) is 23.0 Å². The second-order valence-corrected chi connectivity index (χ2v) is 9.99. The van der Waals surface area contributed by atoms with Crippen molar-refractivity contribution >= 4 is 45.1 Å². The number of H-pyrrole nitrogens is 1. The van der Waals surface area contributed by atoms with Crippen LogP contribution in [0.1, 0.15) is 34.8 Å². The lowest BCUT2D eigenvalue weighted by molar-refractivity contribution is -0.130. The maximum Gasteiger partial charge on any atom is 0.253 e. The van der Waals surface area contributed by atoms with Crippen molar-refractivity contribution in [1.29, 1.82) is 0 Å². The molecule has 172 valence electrons. The maximum absolute atomic E-state index is 13.4. The Balaban J connectivity index is 1.42. The van der Waals surface area contributed by atoms with Gasteiger partial charge in [0.1, 0.15) is 0 Å². The summed E-state index contributed by atoms with van der Waals surface area (Å²) in [5.41, 5.74) is 4.53. The third-order valence-electron chi connectivity index (χ3n) is 5.69. The van der Waals surface area contributed by atoms with E-state index in [4.69, 9.17) is 5.10 Å². The fraction of sp³-hybridized carbons (Fsp3) is 0.208. The molecule has 3 heterocycles. The molecule has 10 heteroatoms. The van der Waals surface area contributed by atoms with Crippen LogP contribution in [0.15, 0.2) is 74.1 Å². The summed E-state index contributed by atoms with van der Waals surface area (Å²) in [7, 11) is 0. The van der Waals surface area contributed by atoms with E-state index in [-0.39, 0.29) is 23.3 Å². The van der Waals surface area contributed by atoms with Crippen molar-refractivity contribution in [2.45, 2.75) is 31.5 Å². The maximum atomic E-state index is 13.4.